The van der Waals surface area contributed by atoms with Crippen LogP contribution in [0.5, 0.6) is 0 Å². The zero-order chi connectivity index (χ0) is 22.0. The lowest BCUT2D eigenvalue weighted by Crippen LogP contribution is -2.27. The third-order valence-electron chi connectivity index (χ3n) is 3.60. The second-order valence-corrected chi connectivity index (χ2v) is 8.13. The maximum absolute atomic E-state index is 13.1. The van der Waals surface area contributed by atoms with Crippen LogP contribution in [0.15, 0.2) is 17.4 Å². The van der Waals surface area contributed by atoms with E-state index in [1.165, 1.54) is 7.05 Å². The Balaban J connectivity index is 2.05. The number of carbonyl (C=O) groups is 1. The minimum atomic E-state index is -4.61. The highest BCUT2D eigenvalue weighted by molar-refractivity contribution is 7.99. The Morgan fingerprint density at radius 1 is 1.28 bits per heavy atom. The largest absolute Gasteiger partial charge is 0.433 e. The van der Waals surface area contributed by atoms with Crippen LogP contribution >= 0.6 is 11.8 Å². The molecule has 0 unspecified atom stereocenters. The van der Waals surface area contributed by atoms with Crippen molar-refractivity contribution in [1.29, 1.82) is 0 Å². The molecule has 2 rings (SSSR count). The lowest BCUT2D eigenvalue weighted by atomic mass is 9.91. The minimum Gasteiger partial charge on any atom is -0.350 e. The van der Waals surface area contributed by atoms with Crippen molar-refractivity contribution in [2.24, 2.45) is 7.05 Å². The van der Waals surface area contributed by atoms with Crippen molar-refractivity contribution in [1.82, 2.24) is 25.1 Å². The first-order chi connectivity index (χ1) is 13.3. The SMILES string of the molecule is Cn1cc([N+](=O)[O-])c(C(=O)NCCSc2nc(C(C)(C)C)cc(C(F)(F)F)n2)n1. The summed E-state index contributed by atoms with van der Waals surface area (Å²) in [6.07, 6.45) is -3.50. The van der Waals surface area contributed by atoms with Gasteiger partial charge in [-0.05, 0) is 6.07 Å². The van der Waals surface area contributed by atoms with Crippen LogP contribution in [0.4, 0.5) is 18.9 Å². The van der Waals surface area contributed by atoms with Crippen LogP contribution in [0.25, 0.3) is 0 Å². The smallest absolute Gasteiger partial charge is 0.350 e. The molecule has 0 atom stereocenters. The van der Waals surface area contributed by atoms with Gasteiger partial charge in [-0.2, -0.15) is 18.3 Å². The Morgan fingerprint density at radius 3 is 2.45 bits per heavy atom. The molecule has 29 heavy (non-hydrogen) atoms. The van der Waals surface area contributed by atoms with E-state index in [0.29, 0.717) is 0 Å². The molecule has 13 heteroatoms. The number of thioether (sulfide) groups is 1. The molecule has 0 saturated carbocycles. The van der Waals surface area contributed by atoms with Crippen LogP contribution in [0.1, 0.15) is 42.6 Å². The van der Waals surface area contributed by atoms with Crippen LogP contribution in [0, 0.1) is 10.1 Å². The van der Waals surface area contributed by atoms with Crippen LogP contribution in [-0.4, -0.2) is 42.9 Å². The fraction of sp³-hybridized carbons (Fsp3) is 0.500. The van der Waals surface area contributed by atoms with Gasteiger partial charge in [-0.1, -0.05) is 32.5 Å². The first-order valence-corrected chi connectivity index (χ1v) is 9.33. The Labute approximate surface area is 168 Å². The molecule has 2 aromatic rings. The van der Waals surface area contributed by atoms with E-state index in [1.807, 2.05) is 0 Å². The average molecular weight is 432 g/mol. The van der Waals surface area contributed by atoms with E-state index < -0.39 is 33.8 Å². The van der Waals surface area contributed by atoms with Crippen molar-refractivity contribution >= 4 is 23.4 Å². The molecule has 2 heterocycles. The summed E-state index contributed by atoms with van der Waals surface area (Å²) in [7, 11) is 1.44. The third kappa shape index (κ3) is 5.89. The van der Waals surface area contributed by atoms with Crippen molar-refractivity contribution in [2.75, 3.05) is 12.3 Å². The van der Waals surface area contributed by atoms with Crippen LogP contribution in [-0.2, 0) is 18.6 Å². The van der Waals surface area contributed by atoms with E-state index in [1.54, 1.807) is 20.8 Å². The van der Waals surface area contributed by atoms with E-state index in [-0.39, 0.29) is 28.8 Å². The molecule has 0 aromatic carbocycles. The number of carbonyl (C=O) groups excluding carboxylic acids is 1. The van der Waals surface area contributed by atoms with Gasteiger partial charge in [0.05, 0.1) is 10.6 Å². The molecule has 0 bridgehead atoms. The zero-order valence-electron chi connectivity index (χ0n) is 16.1. The minimum absolute atomic E-state index is 0.0294. The number of hydrogen-bond donors (Lipinski definition) is 1. The molecule has 0 radical (unpaired) electrons. The van der Waals surface area contributed by atoms with Gasteiger partial charge in [0.15, 0.2) is 5.16 Å². The van der Waals surface area contributed by atoms with Crippen molar-refractivity contribution in [3.8, 4) is 0 Å². The normalized spacial score (nSPS) is 12.1. The summed E-state index contributed by atoms with van der Waals surface area (Å²) in [4.78, 5) is 30.0. The highest BCUT2D eigenvalue weighted by atomic mass is 32.2. The van der Waals surface area contributed by atoms with Gasteiger partial charge in [0.2, 0.25) is 5.69 Å². The number of halogens is 3. The molecule has 0 aliphatic carbocycles. The van der Waals surface area contributed by atoms with E-state index in [2.05, 4.69) is 20.4 Å². The predicted molar refractivity (Wildman–Crippen MR) is 98.7 cm³/mol. The summed E-state index contributed by atoms with van der Waals surface area (Å²) in [6, 6.07) is 0.923. The maximum Gasteiger partial charge on any atom is 0.433 e. The van der Waals surface area contributed by atoms with E-state index >= 15 is 0 Å². The van der Waals surface area contributed by atoms with Gasteiger partial charge in [0.1, 0.15) is 11.9 Å². The van der Waals surface area contributed by atoms with Crippen LogP contribution < -0.4 is 5.32 Å². The van der Waals surface area contributed by atoms with E-state index in [9.17, 15) is 28.1 Å². The molecule has 1 N–H and O–H groups in total. The quantitative estimate of drug-likeness (QED) is 0.245. The van der Waals surface area contributed by atoms with Crippen LogP contribution in [0.3, 0.4) is 0 Å². The van der Waals surface area contributed by atoms with Crippen LogP contribution in [0.2, 0.25) is 0 Å². The summed E-state index contributed by atoms with van der Waals surface area (Å²) in [5.74, 6) is -0.588. The number of nitrogens with zero attached hydrogens (tertiary/aromatic N) is 5. The Morgan fingerprint density at radius 2 is 1.90 bits per heavy atom. The number of alkyl halides is 3. The van der Waals surface area contributed by atoms with Crippen molar-refractivity contribution in [2.45, 2.75) is 37.5 Å². The summed E-state index contributed by atoms with van der Waals surface area (Å²) in [5.41, 5.74) is -2.17. The summed E-state index contributed by atoms with van der Waals surface area (Å²) < 4.78 is 40.5. The Kier molecular flexibility index (Phi) is 6.50. The van der Waals surface area contributed by atoms with Crippen molar-refractivity contribution < 1.29 is 22.9 Å². The summed E-state index contributed by atoms with van der Waals surface area (Å²) in [5, 5.41) is 17.1. The molecule has 0 aliphatic rings. The highest BCUT2D eigenvalue weighted by Crippen LogP contribution is 2.32. The summed E-state index contributed by atoms with van der Waals surface area (Å²) in [6.45, 7) is 5.25. The maximum atomic E-state index is 13.1. The lowest BCUT2D eigenvalue weighted by molar-refractivity contribution is -0.385. The van der Waals surface area contributed by atoms with Gasteiger partial charge in [-0.25, -0.2) is 9.97 Å². The first kappa shape index (κ1) is 22.6. The molecular weight excluding hydrogens is 413 g/mol. The monoisotopic (exact) mass is 432 g/mol. The number of aryl methyl sites for hydroxylation is 1. The number of nitrogens with one attached hydrogen (secondary N) is 1. The van der Waals surface area contributed by atoms with Gasteiger partial charge in [0, 0.05) is 24.8 Å². The number of nitro groups is 1. The highest BCUT2D eigenvalue weighted by Gasteiger charge is 2.35. The molecule has 9 nitrogen and oxygen atoms in total. The fourth-order valence-corrected chi connectivity index (χ4v) is 2.89. The second kappa shape index (κ2) is 8.35. The number of rotatable bonds is 6. The lowest BCUT2D eigenvalue weighted by Gasteiger charge is -2.19. The average Bonchev–Trinajstić information content (AvgIpc) is 2.99. The zero-order valence-corrected chi connectivity index (χ0v) is 16.9. The van der Waals surface area contributed by atoms with Crippen molar-refractivity contribution in [3.63, 3.8) is 0 Å². The molecule has 0 spiro atoms. The Hall–Kier alpha value is -2.70. The van der Waals surface area contributed by atoms with Gasteiger partial charge in [-0.15, -0.1) is 0 Å². The van der Waals surface area contributed by atoms with E-state index in [4.69, 9.17) is 0 Å². The topological polar surface area (TPSA) is 116 Å². The number of hydrogen-bond acceptors (Lipinski definition) is 7. The summed E-state index contributed by atoms with van der Waals surface area (Å²) >= 11 is 0.937. The predicted octanol–water partition coefficient (Wildman–Crippen LogP) is 2.96. The van der Waals surface area contributed by atoms with E-state index in [0.717, 1.165) is 28.7 Å². The molecule has 0 aliphatic heterocycles. The molecule has 0 fully saturated rings. The number of amides is 1. The standard InChI is InChI=1S/C16H19F3N6O3S/c1-15(2,3)10-7-11(16(17,18)19)22-14(21-10)29-6-5-20-13(26)12-9(25(27)28)8-24(4)23-12/h7-8H,5-6H2,1-4H3,(H,20,26). The second-order valence-electron chi connectivity index (χ2n) is 7.07. The van der Waals surface area contributed by atoms with Gasteiger partial charge < -0.3 is 5.32 Å². The molecule has 0 saturated heterocycles. The fourth-order valence-electron chi connectivity index (χ4n) is 2.18. The van der Waals surface area contributed by atoms with Gasteiger partial charge in [0.25, 0.3) is 5.91 Å². The molecular formula is C16H19F3N6O3S. The van der Waals surface area contributed by atoms with Crippen molar-refractivity contribution in [3.05, 3.63) is 39.5 Å². The van der Waals surface area contributed by atoms with Gasteiger partial charge in [-0.3, -0.25) is 19.6 Å². The Bertz CT molecular complexity index is 891. The first-order valence-electron chi connectivity index (χ1n) is 8.35. The van der Waals surface area contributed by atoms with Gasteiger partial charge >= 0.3 is 11.9 Å². The number of aromatic nitrogens is 4. The molecule has 2 aromatic heterocycles. The molecule has 1 amide bonds. The molecule has 158 valence electrons. The third-order valence-corrected chi connectivity index (χ3v) is 4.45.